The zero-order valence-electron chi connectivity index (χ0n) is 12.9. The lowest BCUT2D eigenvalue weighted by Crippen LogP contribution is -2.41. The third-order valence-corrected chi connectivity index (χ3v) is 3.92. The molecule has 0 aliphatic heterocycles. The van der Waals surface area contributed by atoms with Gasteiger partial charge in [0, 0.05) is 35.6 Å². The second-order valence-corrected chi connectivity index (χ2v) is 6.86. The van der Waals surface area contributed by atoms with Gasteiger partial charge in [-0.3, -0.25) is 4.99 Å². The van der Waals surface area contributed by atoms with Gasteiger partial charge in [0.25, 0.3) is 0 Å². The number of nitrogens with zero attached hydrogens (tertiary/aromatic N) is 1. The third kappa shape index (κ3) is 8.88. The Morgan fingerprint density at radius 1 is 1.38 bits per heavy atom. The molecule has 0 saturated carbocycles. The molecule has 1 rings (SSSR count). The number of guanidine groups is 1. The number of hydrogen-bond acceptors (Lipinski definition) is 3. The highest BCUT2D eigenvalue weighted by molar-refractivity contribution is 9.10. The summed E-state index contributed by atoms with van der Waals surface area (Å²) in [4.78, 5) is 4.17. The van der Waals surface area contributed by atoms with Crippen molar-refractivity contribution in [2.45, 2.75) is 19.9 Å². The van der Waals surface area contributed by atoms with Crippen molar-refractivity contribution >= 4 is 33.7 Å². The van der Waals surface area contributed by atoms with Crippen LogP contribution in [-0.4, -0.2) is 43.7 Å². The zero-order valence-corrected chi connectivity index (χ0v) is 15.3. The van der Waals surface area contributed by atoms with Gasteiger partial charge in [-0.15, -0.1) is 0 Å². The Labute approximate surface area is 140 Å². The molecule has 1 aromatic carbocycles. The summed E-state index contributed by atoms with van der Waals surface area (Å²) in [6, 6.07) is 8.31. The Bertz CT molecular complexity index is 441. The van der Waals surface area contributed by atoms with Crippen LogP contribution < -0.4 is 15.4 Å². The largest absolute Gasteiger partial charge is 0.493 e. The molecule has 0 aliphatic rings. The smallest absolute Gasteiger partial charge is 0.191 e. The Balaban J connectivity index is 2.04. The van der Waals surface area contributed by atoms with E-state index in [2.05, 4.69) is 45.4 Å². The number of nitrogens with one attached hydrogen (secondary N) is 2. The first kappa shape index (κ1) is 18.2. The van der Waals surface area contributed by atoms with Crippen molar-refractivity contribution < 1.29 is 4.74 Å². The molecule has 6 heteroatoms. The summed E-state index contributed by atoms with van der Waals surface area (Å²) in [7, 11) is 1.79. The van der Waals surface area contributed by atoms with Crippen LogP contribution in [0, 0.1) is 0 Å². The first-order valence-corrected chi connectivity index (χ1v) is 9.00. The van der Waals surface area contributed by atoms with Crippen LogP contribution in [0.2, 0.25) is 0 Å². The third-order valence-electron chi connectivity index (χ3n) is 2.48. The maximum atomic E-state index is 5.68. The topological polar surface area (TPSA) is 45.7 Å². The average Bonchev–Trinajstić information content (AvgIpc) is 2.44. The van der Waals surface area contributed by atoms with E-state index in [0.29, 0.717) is 6.04 Å². The molecule has 0 aliphatic carbocycles. The number of hydrogen-bond donors (Lipinski definition) is 2. The summed E-state index contributed by atoms with van der Waals surface area (Å²) >= 11 is 5.30. The Kier molecular flexibility index (Phi) is 9.34. The lowest BCUT2D eigenvalue weighted by Gasteiger charge is -2.14. The van der Waals surface area contributed by atoms with E-state index < -0.39 is 0 Å². The molecule has 0 spiro atoms. The maximum absolute atomic E-state index is 5.68. The van der Waals surface area contributed by atoms with Crippen molar-refractivity contribution in [2.75, 3.05) is 31.7 Å². The zero-order chi connectivity index (χ0) is 15.5. The Morgan fingerprint density at radius 2 is 2.19 bits per heavy atom. The number of aliphatic imine (C=N–C) groups is 1. The molecule has 0 amide bonds. The quantitative estimate of drug-likeness (QED) is 0.417. The van der Waals surface area contributed by atoms with E-state index in [-0.39, 0.29) is 0 Å². The van der Waals surface area contributed by atoms with Gasteiger partial charge in [0.2, 0.25) is 0 Å². The van der Waals surface area contributed by atoms with Crippen LogP contribution in [0.3, 0.4) is 0 Å². The van der Waals surface area contributed by atoms with Gasteiger partial charge in [0.1, 0.15) is 5.75 Å². The van der Waals surface area contributed by atoms with Gasteiger partial charge >= 0.3 is 0 Å². The van der Waals surface area contributed by atoms with Gasteiger partial charge in [-0.2, -0.15) is 11.8 Å². The summed E-state index contributed by atoms with van der Waals surface area (Å²) < 4.78 is 6.72. The average molecular weight is 374 g/mol. The van der Waals surface area contributed by atoms with Gasteiger partial charge in [-0.05, 0) is 32.0 Å². The van der Waals surface area contributed by atoms with Gasteiger partial charge in [0.15, 0.2) is 5.96 Å². The van der Waals surface area contributed by atoms with Crippen molar-refractivity contribution in [3.63, 3.8) is 0 Å². The molecule has 0 bridgehead atoms. The molecule has 0 radical (unpaired) electrons. The van der Waals surface area contributed by atoms with E-state index in [1.54, 1.807) is 7.05 Å². The van der Waals surface area contributed by atoms with Crippen LogP contribution in [0.15, 0.2) is 33.7 Å². The van der Waals surface area contributed by atoms with Crippen LogP contribution in [0.25, 0.3) is 0 Å². The minimum Gasteiger partial charge on any atom is -0.493 e. The molecule has 21 heavy (non-hydrogen) atoms. The van der Waals surface area contributed by atoms with Crippen LogP contribution >= 0.6 is 27.7 Å². The second-order valence-electron chi connectivity index (χ2n) is 4.72. The number of ether oxygens (including phenoxy) is 1. The molecule has 0 aromatic heterocycles. The molecule has 4 nitrogen and oxygen atoms in total. The number of rotatable bonds is 8. The molecule has 1 aromatic rings. The Hall–Kier alpha value is -0.880. The predicted molar refractivity (Wildman–Crippen MR) is 96.6 cm³/mol. The molecule has 0 unspecified atom stereocenters. The fourth-order valence-corrected chi connectivity index (χ4v) is 2.62. The highest BCUT2D eigenvalue weighted by atomic mass is 79.9. The fraction of sp³-hybridized carbons (Fsp3) is 0.533. The summed E-state index contributed by atoms with van der Waals surface area (Å²) in [5.74, 6) is 3.77. The molecule has 2 N–H and O–H groups in total. The number of thioether (sulfide) groups is 1. The monoisotopic (exact) mass is 373 g/mol. The van der Waals surface area contributed by atoms with Crippen molar-refractivity contribution in [1.29, 1.82) is 0 Å². The SMILES string of the molecule is CN=C(NCCSCCOc1cccc(Br)c1)NC(C)C. The van der Waals surface area contributed by atoms with E-state index >= 15 is 0 Å². The summed E-state index contributed by atoms with van der Waals surface area (Å²) in [6.45, 7) is 5.82. The van der Waals surface area contributed by atoms with Crippen LogP contribution in [0.5, 0.6) is 5.75 Å². The van der Waals surface area contributed by atoms with E-state index in [9.17, 15) is 0 Å². The van der Waals surface area contributed by atoms with Crippen LogP contribution in [-0.2, 0) is 0 Å². The van der Waals surface area contributed by atoms with Crippen molar-refractivity contribution in [3.05, 3.63) is 28.7 Å². The predicted octanol–water partition coefficient (Wildman–Crippen LogP) is 3.13. The number of benzene rings is 1. The normalized spacial score (nSPS) is 11.6. The highest BCUT2D eigenvalue weighted by Crippen LogP contribution is 2.17. The summed E-state index contributed by atoms with van der Waals surface area (Å²) in [5, 5.41) is 6.55. The van der Waals surface area contributed by atoms with Gasteiger partial charge in [0.05, 0.1) is 6.61 Å². The minimum atomic E-state index is 0.391. The van der Waals surface area contributed by atoms with E-state index in [0.717, 1.165) is 40.8 Å². The van der Waals surface area contributed by atoms with E-state index in [4.69, 9.17) is 4.74 Å². The molecular formula is C15H24BrN3OS. The highest BCUT2D eigenvalue weighted by Gasteiger charge is 1.99. The van der Waals surface area contributed by atoms with Gasteiger partial charge in [-0.1, -0.05) is 22.0 Å². The van der Waals surface area contributed by atoms with Gasteiger partial charge < -0.3 is 15.4 Å². The molecule has 118 valence electrons. The Morgan fingerprint density at radius 3 is 2.86 bits per heavy atom. The number of halogens is 1. The summed E-state index contributed by atoms with van der Waals surface area (Å²) in [5.41, 5.74) is 0. The lowest BCUT2D eigenvalue weighted by molar-refractivity contribution is 0.344. The molecule has 0 heterocycles. The first-order chi connectivity index (χ1) is 10.1. The van der Waals surface area contributed by atoms with Crippen molar-refractivity contribution in [2.24, 2.45) is 4.99 Å². The van der Waals surface area contributed by atoms with E-state index in [1.165, 1.54) is 0 Å². The second kappa shape index (κ2) is 10.8. The summed E-state index contributed by atoms with van der Waals surface area (Å²) in [6.07, 6.45) is 0. The lowest BCUT2D eigenvalue weighted by atomic mass is 10.3. The maximum Gasteiger partial charge on any atom is 0.191 e. The van der Waals surface area contributed by atoms with Gasteiger partial charge in [-0.25, -0.2) is 0 Å². The fourth-order valence-electron chi connectivity index (χ4n) is 1.59. The first-order valence-electron chi connectivity index (χ1n) is 7.05. The molecule has 0 atom stereocenters. The molecule has 0 fully saturated rings. The van der Waals surface area contributed by atoms with E-state index in [1.807, 2.05) is 36.0 Å². The van der Waals surface area contributed by atoms with Crippen LogP contribution in [0.4, 0.5) is 0 Å². The van der Waals surface area contributed by atoms with Crippen molar-refractivity contribution in [3.8, 4) is 5.75 Å². The molecular weight excluding hydrogens is 350 g/mol. The van der Waals surface area contributed by atoms with Crippen molar-refractivity contribution in [1.82, 2.24) is 10.6 Å². The standard InChI is InChI=1S/C15H24BrN3OS/c1-12(2)19-15(17-3)18-7-9-21-10-8-20-14-6-4-5-13(16)11-14/h4-6,11-12H,7-10H2,1-3H3,(H2,17,18,19). The minimum absolute atomic E-state index is 0.391. The molecule has 0 saturated heterocycles. The van der Waals surface area contributed by atoms with Crippen LogP contribution in [0.1, 0.15) is 13.8 Å².